The van der Waals surface area contributed by atoms with E-state index >= 15 is 0 Å². The summed E-state index contributed by atoms with van der Waals surface area (Å²) in [5.74, 6) is 0.303. The molecule has 9 nitrogen and oxygen atoms in total. The average molecular weight is 444 g/mol. The van der Waals surface area contributed by atoms with Gasteiger partial charge in [-0.15, -0.1) is 0 Å². The van der Waals surface area contributed by atoms with Crippen LogP contribution in [0.25, 0.3) is 5.65 Å². The van der Waals surface area contributed by atoms with Gasteiger partial charge in [0.25, 0.3) is 0 Å². The number of carbonyl (C=O) groups excluding carboxylic acids is 2. The molecule has 168 valence electrons. The number of benzene rings is 1. The van der Waals surface area contributed by atoms with Crippen LogP contribution in [0.1, 0.15) is 19.0 Å². The first-order valence-corrected chi connectivity index (χ1v) is 10.9. The van der Waals surface area contributed by atoms with Crippen molar-refractivity contribution in [1.29, 1.82) is 0 Å². The van der Waals surface area contributed by atoms with Crippen molar-refractivity contribution < 1.29 is 14.3 Å². The highest BCUT2D eigenvalue weighted by Crippen LogP contribution is 2.33. The molecule has 0 saturated carbocycles. The maximum absolute atomic E-state index is 12.8. The van der Waals surface area contributed by atoms with Gasteiger partial charge in [0.15, 0.2) is 5.82 Å². The van der Waals surface area contributed by atoms with Crippen LogP contribution < -0.4 is 15.0 Å². The number of imidazole rings is 1. The van der Waals surface area contributed by atoms with E-state index in [-0.39, 0.29) is 18.2 Å². The van der Waals surface area contributed by atoms with E-state index in [1.807, 2.05) is 66.2 Å². The predicted octanol–water partition coefficient (Wildman–Crippen LogP) is 2.97. The van der Waals surface area contributed by atoms with Crippen LogP contribution in [0.4, 0.5) is 11.5 Å². The molecule has 0 bridgehead atoms. The second-order valence-corrected chi connectivity index (χ2v) is 7.89. The molecule has 1 aliphatic heterocycles. The minimum Gasteiger partial charge on any atom is -0.492 e. The Balaban J connectivity index is 1.23. The molecule has 1 N–H and O–H groups in total. The van der Waals surface area contributed by atoms with Gasteiger partial charge in [0, 0.05) is 37.6 Å². The normalized spacial score (nSPS) is 15.8. The van der Waals surface area contributed by atoms with Crippen LogP contribution in [-0.4, -0.2) is 44.1 Å². The lowest BCUT2D eigenvalue weighted by molar-refractivity contribution is -0.122. The lowest BCUT2D eigenvalue weighted by atomic mass is 10.1. The molecule has 1 saturated heterocycles. The lowest BCUT2D eigenvalue weighted by Crippen LogP contribution is -2.28. The van der Waals surface area contributed by atoms with E-state index in [9.17, 15) is 9.59 Å². The van der Waals surface area contributed by atoms with E-state index < -0.39 is 5.92 Å². The number of fused-ring (bicyclic) bond motifs is 1. The molecular formula is C24H24N6O3. The van der Waals surface area contributed by atoms with Crippen molar-refractivity contribution in [3.8, 4) is 5.75 Å². The number of carbonyl (C=O) groups is 2. The van der Waals surface area contributed by atoms with Crippen molar-refractivity contribution in [2.45, 2.75) is 19.9 Å². The van der Waals surface area contributed by atoms with Crippen LogP contribution in [0, 0.1) is 5.92 Å². The van der Waals surface area contributed by atoms with E-state index in [4.69, 9.17) is 4.74 Å². The summed E-state index contributed by atoms with van der Waals surface area (Å²) in [6, 6.07) is 15.0. The van der Waals surface area contributed by atoms with Crippen molar-refractivity contribution in [2.24, 2.45) is 5.92 Å². The van der Waals surface area contributed by atoms with Gasteiger partial charge in [-0.2, -0.15) is 5.10 Å². The van der Waals surface area contributed by atoms with E-state index in [0.717, 1.165) is 11.3 Å². The zero-order valence-corrected chi connectivity index (χ0v) is 18.2. The molecule has 1 fully saturated rings. The van der Waals surface area contributed by atoms with Crippen molar-refractivity contribution in [3.63, 3.8) is 0 Å². The summed E-state index contributed by atoms with van der Waals surface area (Å²) in [7, 11) is 0. The SMILES string of the molecule is CCOc1ccccc1N1CC(C(=O)Nc2ccn(Cc3cn4ccccc4n3)n2)CC1=O. The second kappa shape index (κ2) is 8.78. The third kappa shape index (κ3) is 4.30. The molecule has 9 heteroatoms. The number of nitrogens with zero attached hydrogens (tertiary/aromatic N) is 5. The number of rotatable bonds is 7. The molecular weight excluding hydrogens is 420 g/mol. The summed E-state index contributed by atoms with van der Waals surface area (Å²) in [6.07, 6.45) is 5.84. The first kappa shape index (κ1) is 20.7. The third-order valence-corrected chi connectivity index (χ3v) is 5.58. The first-order valence-electron chi connectivity index (χ1n) is 10.9. The zero-order chi connectivity index (χ0) is 22.8. The molecule has 4 aromatic rings. The summed E-state index contributed by atoms with van der Waals surface area (Å²) in [5.41, 5.74) is 2.43. The van der Waals surface area contributed by atoms with Gasteiger partial charge in [-0.05, 0) is 31.2 Å². The number of amides is 2. The number of pyridine rings is 1. The minimum absolute atomic E-state index is 0.0975. The number of hydrogen-bond acceptors (Lipinski definition) is 5. The average Bonchev–Trinajstić information content (AvgIpc) is 3.53. The Morgan fingerprint density at radius 3 is 2.85 bits per heavy atom. The Bertz CT molecular complexity index is 1280. The molecule has 1 aliphatic rings. The topological polar surface area (TPSA) is 93.8 Å². The van der Waals surface area contributed by atoms with Crippen LogP contribution >= 0.6 is 0 Å². The number of aromatic nitrogens is 4. The summed E-state index contributed by atoms with van der Waals surface area (Å²) in [4.78, 5) is 31.7. The molecule has 4 heterocycles. The summed E-state index contributed by atoms with van der Waals surface area (Å²) < 4.78 is 9.32. The van der Waals surface area contributed by atoms with Crippen LogP contribution in [0.2, 0.25) is 0 Å². The Morgan fingerprint density at radius 2 is 2.00 bits per heavy atom. The minimum atomic E-state index is -0.462. The largest absolute Gasteiger partial charge is 0.492 e. The smallest absolute Gasteiger partial charge is 0.231 e. The number of nitrogens with one attached hydrogen (secondary N) is 1. The third-order valence-electron chi connectivity index (χ3n) is 5.58. The first-order chi connectivity index (χ1) is 16.1. The molecule has 3 aromatic heterocycles. The Hall–Kier alpha value is -4.14. The maximum atomic E-state index is 12.8. The Labute approximate surface area is 190 Å². The standard InChI is InChI=1S/C24H24N6O3/c1-2-33-20-8-4-3-7-19(20)30-14-17(13-23(30)31)24(32)26-21-10-12-29(27-21)16-18-15-28-11-6-5-9-22(28)25-18/h3-12,15,17H,2,13-14,16H2,1H3,(H,26,27,32). The molecule has 0 spiro atoms. The van der Waals surface area contributed by atoms with Crippen LogP contribution in [0.15, 0.2) is 67.1 Å². The van der Waals surface area contributed by atoms with Gasteiger partial charge in [0.05, 0.1) is 30.5 Å². The van der Waals surface area contributed by atoms with E-state index in [0.29, 0.717) is 37.0 Å². The summed E-state index contributed by atoms with van der Waals surface area (Å²) in [6.45, 7) is 3.19. The van der Waals surface area contributed by atoms with Crippen LogP contribution in [-0.2, 0) is 16.1 Å². The molecule has 1 unspecified atom stereocenters. The number of para-hydroxylation sites is 2. The van der Waals surface area contributed by atoms with Gasteiger partial charge < -0.3 is 19.4 Å². The number of anilines is 2. The fraction of sp³-hybridized carbons (Fsp3) is 0.250. The molecule has 33 heavy (non-hydrogen) atoms. The van der Waals surface area contributed by atoms with Crippen LogP contribution in [0.3, 0.4) is 0 Å². The van der Waals surface area contributed by atoms with Crippen LogP contribution in [0.5, 0.6) is 5.75 Å². The highest BCUT2D eigenvalue weighted by Gasteiger charge is 2.36. The van der Waals surface area contributed by atoms with Gasteiger partial charge in [0.2, 0.25) is 11.8 Å². The number of ether oxygens (including phenoxy) is 1. The highest BCUT2D eigenvalue weighted by atomic mass is 16.5. The Kier molecular flexibility index (Phi) is 5.52. The van der Waals surface area contributed by atoms with Gasteiger partial charge >= 0.3 is 0 Å². The monoisotopic (exact) mass is 444 g/mol. The molecule has 2 amide bonds. The lowest BCUT2D eigenvalue weighted by Gasteiger charge is -2.20. The van der Waals surface area contributed by atoms with Gasteiger partial charge in [-0.25, -0.2) is 4.98 Å². The summed E-state index contributed by atoms with van der Waals surface area (Å²) >= 11 is 0. The zero-order valence-electron chi connectivity index (χ0n) is 18.2. The molecule has 1 atom stereocenters. The van der Waals surface area contributed by atoms with E-state index in [1.165, 1.54) is 0 Å². The molecule has 0 radical (unpaired) electrons. The molecule has 5 rings (SSSR count). The fourth-order valence-corrected chi connectivity index (χ4v) is 4.05. The fourth-order valence-electron chi connectivity index (χ4n) is 4.05. The maximum Gasteiger partial charge on any atom is 0.231 e. The number of hydrogen-bond donors (Lipinski definition) is 1. The van der Waals surface area contributed by atoms with Crippen molar-refractivity contribution in [3.05, 3.63) is 72.8 Å². The summed E-state index contributed by atoms with van der Waals surface area (Å²) in [5, 5.41) is 7.28. The van der Waals surface area contributed by atoms with E-state index in [1.54, 1.807) is 21.8 Å². The van der Waals surface area contributed by atoms with Gasteiger partial charge in [-0.3, -0.25) is 14.3 Å². The van der Waals surface area contributed by atoms with Crippen molar-refractivity contribution in [2.75, 3.05) is 23.4 Å². The van der Waals surface area contributed by atoms with Gasteiger partial charge in [-0.1, -0.05) is 18.2 Å². The van der Waals surface area contributed by atoms with Gasteiger partial charge in [0.1, 0.15) is 11.4 Å². The van der Waals surface area contributed by atoms with Crippen molar-refractivity contribution >= 4 is 29.0 Å². The highest BCUT2D eigenvalue weighted by molar-refractivity contribution is 6.03. The Morgan fingerprint density at radius 1 is 1.15 bits per heavy atom. The molecule has 1 aromatic carbocycles. The van der Waals surface area contributed by atoms with E-state index in [2.05, 4.69) is 15.4 Å². The second-order valence-electron chi connectivity index (χ2n) is 7.89. The molecule has 0 aliphatic carbocycles. The van der Waals surface area contributed by atoms with Crippen molar-refractivity contribution in [1.82, 2.24) is 19.2 Å². The quantitative estimate of drug-likeness (QED) is 0.473. The predicted molar refractivity (Wildman–Crippen MR) is 123 cm³/mol.